The molecule has 0 fully saturated rings. The number of amides is 1. The highest BCUT2D eigenvalue weighted by Crippen LogP contribution is 1.95. The summed E-state index contributed by atoms with van der Waals surface area (Å²) >= 11 is 0. The maximum Gasteiger partial charge on any atom is 0.267 e. The summed E-state index contributed by atoms with van der Waals surface area (Å²) < 4.78 is 0. The van der Waals surface area contributed by atoms with Crippen molar-refractivity contribution >= 4 is 12.6 Å². The first kappa shape index (κ1) is 13.4. The Morgan fingerprint density at radius 1 is 1.53 bits per heavy atom. The molecule has 0 unspecified atom stereocenters. The largest absolute Gasteiger partial charge is 0.394 e. The van der Waals surface area contributed by atoms with Crippen LogP contribution in [0.25, 0.3) is 0 Å². The SMILES string of the molecule is C=N/C(C)=C\C=C(/N)C(=O)NCC(C)C. The van der Waals surface area contributed by atoms with E-state index in [4.69, 9.17) is 5.73 Å². The number of carbonyl (C=O) groups is 1. The van der Waals surface area contributed by atoms with Crippen LogP contribution in [0.2, 0.25) is 0 Å². The summed E-state index contributed by atoms with van der Waals surface area (Å²) in [5.74, 6) is 0.158. The van der Waals surface area contributed by atoms with Crippen molar-refractivity contribution in [1.82, 2.24) is 5.32 Å². The Morgan fingerprint density at radius 3 is 2.60 bits per heavy atom. The zero-order valence-corrected chi connectivity index (χ0v) is 9.58. The van der Waals surface area contributed by atoms with Crippen LogP contribution in [0.3, 0.4) is 0 Å². The second-order valence-electron chi connectivity index (χ2n) is 3.69. The molecular weight excluding hydrogens is 190 g/mol. The maximum atomic E-state index is 11.4. The van der Waals surface area contributed by atoms with E-state index in [9.17, 15) is 4.79 Å². The number of rotatable bonds is 5. The minimum absolute atomic E-state index is 0.179. The monoisotopic (exact) mass is 209 g/mol. The molecule has 0 aliphatic rings. The Kier molecular flexibility index (Phi) is 6.09. The van der Waals surface area contributed by atoms with E-state index in [1.807, 2.05) is 13.8 Å². The van der Waals surface area contributed by atoms with Gasteiger partial charge in [0.05, 0.1) is 5.70 Å². The molecule has 0 aliphatic heterocycles. The molecule has 0 aromatic rings. The zero-order chi connectivity index (χ0) is 11.8. The van der Waals surface area contributed by atoms with E-state index < -0.39 is 0 Å². The van der Waals surface area contributed by atoms with E-state index in [0.29, 0.717) is 12.5 Å². The van der Waals surface area contributed by atoms with Crippen molar-refractivity contribution < 1.29 is 4.79 Å². The van der Waals surface area contributed by atoms with Gasteiger partial charge in [-0.15, -0.1) is 0 Å². The van der Waals surface area contributed by atoms with Gasteiger partial charge in [0.15, 0.2) is 0 Å². The van der Waals surface area contributed by atoms with Crippen molar-refractivity contribution in [3.05, 3.63) is 23.5 Å². The van der Waals surface area contributed by atoms with Crippen LogP contribution in [0, 0.1) is 5.92 Å². The summed E-state index contributed by atoms with van der Waals surface area (Å²) in [6, 6.07) is 0. The van der Waals surface area contributed by atoms with Gasteiger partial charge in [-0.2, -0.15) is 0 Å². The van der Waals surface area contributed by atoms with Gasteiger partial charge >= 0.3 is 0 Å². The van der Waals surface area contributed by atoms with Gasteiger partial charge in [0.25, 0.3) is 5.91 Å². The van der Waals surface area contributed by atoms with Crippen molar-refractivity contribution in [3.8, 4) is 0 Å². The fourth-order valence-electron chi connectivity index (χ4n) is 0.738. The minimum atomic E-state index is -0.253. The van der Waals surface area contributed by atoms with Crippen LogP contribution in [-0.2, 0) is 4.79 Å². The first-order valence-corrected chi connectivity index (χ1v) is 4.86. The highest BCUT2D eigenvalue weighted by atomic mass is 16.1. The molecule has 0 aromatic carbocycles. The Labute approximate surface area is 91.0 Å². The summed E-state index contributed by atoms with van der Waals surface area (Å²) in [6.07, 6.45) is 3.18. The zero-order valence-electron chi connectivity index (χ0n) is 9.58. The minimum Gasteiger partial charge on any atom is -0.394 e. The van der Waals surface area contributed by atoms with Crippen molar-refractivity contribution in [1.29, 1.82) is 0 Å². The fraction of sp³-hybridized carbons (Fsp3) is 0.455. The van der Waals surface area contributed by atoms with Gasteiger partial charge in [-0.05, 0) is 31.7 Å². The number of carbonyl (C=O) groups excluding carboxylic acids is 1. The average Bonchev–Trinajstić information content (AvgIpc) is 2.21. The Morgan fingerprint density at radius 2 is 2.13 bits per heavy atom. The van der Waals surface area contributed by atoms with Crippen LogP contribution in [-0.4, -0.2) is 19.2 Å². The highest BCUT2D eigenvalue weighted by molar-refractivity contribution is 5.92. The third kappa shape index (κ3) is 6.49. The Bertz CT molecular complexity index is 290. The van der Waals surface area contributed by atoms with Gasteiger partial charge in [-0.3, -0.25) is 9.79 Å². The van der Waals surface area contributed by atoms with Crippen molar-refractivity contribution in [2.75, 3.05) is 6.54 Å². The number of hydrogen-bond donors (Lipinski definition) is 2. The molecule has 0 atom stereocenters. The fourth-order valence-corrected chi connectivity index (χ4v) is 0.738. The molecule has 4 nitrogen and oxygen atoms in total. The maximum absolute atomic E-state index is 11.4. The summed E-state index contributed by atoms with van der Waals surface area (Å²) in [5.41, 5.74) is 6.45. The van der Waals surface area contributed by atoms with Crippen molar-refractivity contribution in [3.63, 3.8) is 0 Å². The Balaban J connectivity index is 4.25. The van der Waals surface area contributed by atoms with E-state index in [0.717, 1.165) is 5.70 Å². The molecule has 84 valence electrons. The normalized spacial score (nSPS) is 12.8. The smallest absolute Gasteiger partial charge is 0.267 e. The van der Waals surface area contributed by atoms with Gasteiger partial charge in [0.2, 0.25) is 0 Å². The number of nitrogens with one attached hydrogen (secondary N) is 1. The quantitative estimate of drug-likeness (QED) is 0.406. The van der Waals surface area contributed by atoms with Crippen LogP contribution in [0.15, 0.2) is 28.5 Å². The standard InChI is InChI=1S/C11H19N3O/c1-8(2)7-14-11(15)10(12)6-5-9(3)13-4/h5-6,8H,4,7,12H2,1-3H3,(H,14,15)/b9-5-,10-6-. The molecular formula is C11H19N3O. The number of nitrogens with two attached hydrogens (primary N) is 1. The second kappa shape index (κ2) is 6.81. The molecule has 0 heterocycles. The molecule has 3 N–H and O–H groups in total. The van der Waals surface area contributed by atoms with Gasteiger partial charge < -0.3 is 11.1 Å². The molecule has 1 amide bonds. The predicted molar refractivity (Wildman–Crippen MR) is 63.4 cm³/mol. The number of allylic oxidation sites excluding steroid dienone is 3. The molecule has 0 aromatic heterocycles. The molecule has 0 rings (SSSR count). The van der Waals surface area contributed by atoms with Crippen LogP contribution >= 0.6 is 0 Å². The van der Waals surface area contributed by atoms with Crippen LogP contribution in [0.4, 0.5) is 0 Å². The molecule has 0 saturated carbocycles. The molecule has 4 heteroatoms. The van der Waals surface area contributed by atoms with E-state index in [1.54, 1.807) is 13.0 Å². The van der Waals surface area contributed by atoms with Crippen molar-refractivity contribution in [2.45, 2.75) is 20.8 Å². The van der Waals surface area contributed by atoms with Crippen LogP contribution in [0.5, 0.6) is 0 Å². The van der Waals surface area contributed by atoms with Gasteiger partial charge in [0.1, 0.15) is 0 Å². The van der Waals surface area contributed by atoms with Crippen LogP contribution < -0.4 is 11.1 Å². The van der Waals surface area contributed by atoms with Crippen LogP contribution in [0.1, 0.15) is 20.8 Å². The summed E-state index contributed by atoms with van der Waals surface area (Å²) in [7, 11) is 0. The third-order valence-electron chi connectivity index (χ3n) is 1.69. The van der Waals surface area contributed by atoms with Gasteiger partial charge in [-0.25, -0.2) is 0 Å². The molecule has 15 heavy (non-hydrogen) atoms. The highest BCUT2D eigenvalue weighted by Gasteiger charge is 2.03. The van der Waals surface area contributed by atoms with E-state index >= 15 is 0 Å². The lowest BCUT2D eigenvalue weighted by atomic mass is 10.2. The molecule has 0 radical (unpaired) electrons. The molecule has 0 bridgehead atoms. The first-order valence-electron chi connectivity index (χ1n) is 4.86. The number of hydrogen-bond acceptors (Lipinski definition) is 3. The summed E-state index contributed by atoms with van der Waals surface area (Å²) in [6.45, 7) is 9.79. The number of nitrogens with zero attached hydrogens (tertiary/aromatic N) is 1. The molecule has 0 saturated heterocycles. The van der Waals surface area contributed by atoms with Crippen molar-refractivity contribution in [2.24, 2.45) is 16.6 Å². The number of aliphatic imine (C=N–C) groups is 1. The third-order valence-corrected chi connectivity index (χ3v) is 1.69. The first-order chi connectivity index (χ1) is 6.97. The lowest BCUT2D eigenvalue weighted by Crippen LogP contribution is -2.31. The lowest BCUT2D eigenvalue weighted by molar-refractivity contribution is -0.117. The average molecular weight is 209 g/mol. The topological polar surface area (TPSA) is 67.5 Å². The van der Waals surface area contributed by atoms with E-state index in [1.165, 1.54) is 6.08 Å². The van der Waals surface area contributed by atoms with E-state index in [2.05, 4.69) is 17.0 Å². The lowest BCUT2D eigenvalue weighted by Gasteiger charge is -2.06. The van der Waals surface area contributed by atoms with Gasteiger partial charge in [-0.1, -0.05) is 13.8 Å². The Hall–Kier alpha value is -1.58. The van der Waals surface area contributed by atoms with E-state index in [-0.39, 0.29) is 11.6 Å². The van der Waals surface area contributed by atoms with Gasteiger partial charge in [0, 0.05) is 12.2 Å². The summed E-state index contributed by atoms with van der Waals surface area (Å²) in [4.78, 5) is 15.0. The summed E-state index contributed by atoms with van der Waals surface area (Å²) in [5, 5.41) is 2.72. The molecule has 0 aliphatic carbocycles. The molecule has 0 spiro atoms. The predicted octanol–water partition coefficient (Wildman–Crippen LogP) is 1.21. The second-order valence-corrected chi connectivity index (χ2v) is 3.69.